The quantitative estimate of drug-likeness (QED) is 0.785. The van der Waals surface area contributed by atoms with Gasteiger partial charge in [-0.15, -0.1) is 0 Å². The molecule has 0 bridgehead atoms. The monoisotopic (exact) mass is 339 g/mol. The number of rotatable bonds is 4. The summed E-state index contributed by atoms with van der Waals surface area (Å²) < 4.78 is 3.26. The molecule has 0 amide bonds. The van der Waals surface area contributed by atoms with Crippen LogP contribution in [-0.2, 0) is 6.54 Å². The standard InChI is InChI=1S/C9H11Br2NOS/c1-14-4-2-3-12-6-7(10)5-8(11)9(12)13/h5-6H,2-4H2,1H3. The Kier molecular flexibility index (Phi) is 5.26. The van der Waals surface area contributed by atoms with Crippen LogP contribution < -0.4 is 5.56 Å². The molecule has 2 nitrogen and oxygen atoms in total. The number of thioether (sulfide) groups is 1. The van der Waals surface area contributed by atoms with E-state index in [4.69, 9.17) is 0 Å². The minimum atomic E-state index is 0.0364. The summed E-state index contributed by atoms with van der Waals surface area (Å²) >= 11 is 8.39. The summed E-state index contributed by atoms with van der Waals surface area (Å²) in [6, 6.07) is 1.77. The Bertz CT molecular complexity index is 364. The van der Waals surface area contributed by atoms with Gasteiger partial charge in [0.05, 0.1) is 4.47 Å². The second kappa shape index (κ2) is 5.98. The molecule has 1 rings (SSSR count). The van der Waals surface area contributed by atoms with Gasteiger partial charge in [-0.3, -0.25) is 4.79 Å². The molecule has 1 aromatic heterocycles. The van der Waals surface area contributed by atoms with E-state index in [0.717, 1.165) is 23.2 Å². The van der Waals surface area contributed by atoms with Crippen molar-refractivity contribution in [2.75, 3.05) is 12.0 Å². The first-order valence-electron chi connectivity index (χ1n) is 4.19. The van der Waals surface area contributed by atoms with Gasteiger partial charge in [0.25, 0.3) is 5.56 Å². The summed E-state index contributed by atoms with van der Waals surface area (Å²) in [5.41, 5.74) is 0.0364. The highest BCUT2D eigenvalue weighted by atomic mass is 79.9. The van der Waals surface area contributed by atoms with Gasteiger partial charge < -0.3 is 4.57 Å². The van der Waals surface area contributed by atoms with Crippen molar-refractivity contribution in [2.24, 2.45) is 0 Å². The molecule has 0 saturated carbocycles. The molecular weight excluding hydrogens is 330 g/mol. The third kappa shape index (κ3) is 3.44. The van der Waals surface area contributed by atoms with Crippen molar-refractivity contribution in [3.05, 3.63) is 31.6 Å². The van der Waals surface area contributed by atoms with Crippen LogP contribution in [-0.4, -0.2) is 16.6 Å². The SMILES string of the molecule is CSCCCn1cc(Br)cc(Br)c1=O. The van der Waals surface area contributed by atoms with Crippen molar-refractivity contribution in [3.8, 4) is 0 Å². The van der Waals surface area contributed by atoms with E-state index in [-0.39, 0.29) is 5.56 Å². The normalized spacial score (nSPS) is 10.5. The molecule has 78 valence electrons. The lowest BCUT2D eigenvalue weighted by atomic mass is 10.4. The van der Waals surface area contributed by atoms with E-state index in [1.54, 1.807) is 22.4 Å². The number of nitrogens with zero attached hydrogens (tertiary/aromatic N) is 1. The molecule has 0 spiro atoms. The molecule has 0 N–H and O–H groups in total. The van der Waals surface area contributed by atoms with E-state index in [0.29, 0.717) is 4.47 Å². The number of aryl methyl sites for hydroxylation is 1. The van der Waals surface area contributed by atoms with Crippen LogP contribution in [0.5, 0.6) is 0 Å². The van der Waals surface area contributed by atoms with Gasteiger partial charge >= 0.3 is 0 Å². The molecule has 14 heavy (non-hydrogen) atoms. The molecule has 0 aliphatic carbocycles. The fourth-order valence-electron chi connectivity index (χ4n) is 1.11. The average Bonchev–Trinajstić information content (AvgIpc) is 2.13. The molecule has 1 aromatic rings. The molecule has 0 atom stereocenters. The van der Waals surface area contributed by atoms with Gasteiger partial charge in [-0.1, -0.05) is 0 Å². The van der Waals surface area contributed by atoms with Gasteiger partial charge in [0.1, 0.15) is 0 Å². The van der Waals surface area contributed by atoms with Crippen LogP contribution in [0.1, 0.15) is 6.42 Å². The Morgan fingerprint density at radius 1 is 1.50 bits per heavy atom. The van der Waals surface area contributed by atoms with Crippen LogP contribution in [0.25, 0.3) is 0 Å². The minimum absolute atomic E-state index is 0.0364. The minimum Gasteiger partial charge on any atom is -0.313 e. The maximum atomic E-state index is 11.6. The van der Waals surface area contributed by atoms with Crippen LogP contribution in [0, 0.1) is 0 Å². The molecule has 0 saturated heterocycles. The third-order valence-corrected chi connectivity index (χ3v) is 3.46. The first kappa shape index (κ1) is 12.3. The van der Waals surface area contributed by atoms with Gasteiger partial charge in [0.2, 0.25) is 0 Å². The number of aromatic nitrogens is 1. The molecular formula is C9H11Br2NOS. The average molecular weight is 341 g/mol. The van der Waals surface area contributed by atoms with Crippen molar-refractivity contribution < 1.29 is 0 Å². The lowest BCUT2D eigenvalue weighted by Gasteiger charge is -2.06. The van der Waals surface area contributed by atoms with Crippen LogP contribution in [0.3, 0.4) is 0 Å². The lowest BCUT2D eigenvalue weighted by Crippen LogP contribution is -2.20. The number of halogens is 2. The maximum Gasteiger partial charge on any atom is 0.264 e. The summed E-state index contributed by atoms with van der Waals surface area (Å²) in [7, 11) is 0. The second-order valence-corrected chi connectivity index (χ2v) is 5.61. The lowest BCUT2D eigenvalue weighted by molar-refractivity contribution is 0.654. The van der Waals surface area contributed by atoms with E-state index < -0.39 is 0 Å². The molecule has 1 heterocycles. The molecule has 0 aliphatic heterocycles. The number of hydrogen-bond acceptors (Lipinski definition) is 2. The molecule has 0 fully saturated rings. The Hall–Kier alpha value is 0.260. The third-order valence-electron chi connectivity index (χ3n) is 1.76. The highest BCUT2D eigenvalue weighted by molar-refractivity contribution is 9.11. The number of hydrogen-bond donors (Lipinski definition) is 0. The second-order valence-electron chi connectivity index (χ2n) is 2.85. The first-order chi connectivity index (χ1) is 6.65. The van der Waals surface area contributed by atoms with Crippen LogP contribution in [0.2, 0.25) is 0 Å². The van der Waals surface area contributed by atoms with Crippen molar-refractivity contribution in [1.29, 1.82) is 0 Å². The Labute approximate surface area is 104 Å². The zero-order chi connectivity index (χ0) is 10.6. The highest BCUT2D eigenvalue weighted by Gasteiger charge is 2.02. The highest BCUT2D eigenvalue weighted by Crippen LogP contribution is 2.13. The fraction of sp³-hybridized carbons (Fsp3) is 0.444. The molecule has 0 aliphatic rings. The van der Waals surface area contributed by atoms with Crippen LogP contribution in [0.4, 0.5) is 0 Å². The Morgan fingerprint density at radius 3 is 2.86 bits per heavy atom. The van der Waals surface area contributed by atoms with Gasteiger partial charge in [-0.2, -0.15) is 11.8 Å². The summed E-state index contributed by atoms with van der Waals surface area (Å²) in [6.07, 6.45) is 4.91. The van der Waals surface area contributed by atoms with Gasteiger partial charge in [0, 0.05) is 17.2 Å². The van der Waals surface area contributed by atoms with Crippen molar-refractivity contribution in [3.63, 3.8) is 0 Å². The summed E-state index contributed by atoms with van der Waals surface area (Å²) in [5.74, 6) is 1.08. The summed E-state index contributed by atoms with van der Waals surface area (Å²) in [6.45, 7) is 0.776. The predicted molar refractivity (Wildman–Crippen MR) is 69.1 cm³/mol. The van der Waals surface area contributed by atoms with E-state index >= 15 is 0 Å². The van der Waals surface area contributed by atoms with Crippen LogP contribution in [0.15, 0.2) is 26.0 Å². The fourth-order valence-corrected chi connectivity index (χ4v) is 2.79. The van der Waals surface area contributed by atoms with Crippen molar-refractivity contribution >= 4 is 43.6 Å². The summed E-state index contributed by atoms with van der Waals surface area (Å²) in [5, 5.41) is 0. The largest absolute Gasteiger partial charge is 0.313 e. The van der Waals surface area contributed by atoms with E-state index in [2.05, 4.69) is 38.1 Å². The zero-order valence-electron chi connectivity index (χ0n) is 7.80. The topological polar surface area (TPSA) is 22.0 Å². The van der Waals surface area contributed by atoms with Gasteiger partial charge in [0.15, 0.2) is 0 Å². The Balaban J connectivity index is 2.81. The summed E-state index contributed by atoms with van der Waals surface area (Å²) in [4.78, 5) is 11.6. The van der Waals surface area contributed by atoms with E-state index in [1.165, 1.54) is 0 Å². The number of pyridine rings is 1. The van der Waals surface area contributed by atoms with E-state index in [1.807, 2.05) is 6.20 Å². The van der Waals surface area contributed by atoms with Crippen molar-refractivity contribution in [1.82, 2.24) is 4.57 Å². The molecule has 0 radical (unpaired) electrons. The van der Waals surface area contributed by atoms with Crippen LogP contribution >= 0.6 is 43.6 Å². The smallest absolute Gasteiger partial charge is 0.264 e. The first-order valence-corrected chi connectivity index (χ1v) is 7.17. The molecule has 0 unspecified atom stereocenters. The zero-order valence-corrected chi connectivity index (χ0v) is 11.8. The Morgan fingerprint density at radius 2 is 2.21 bits per heavy atom. The van der Waals surface area contributed by atoms with E-state index in [9.17, 15) is 4.79 Å². The molecule has 5 heteroatoms. The van der Waals surface area contributed by atoms with Gasteiger partial charge in [-0.25, -0.2) is 0 Å². The maximum absolute atomic E-state index is 11.6. The predicted octanol–water partition coefficient (Wildman–Crippen LogP) is 3.13. The molecule has 0 aromatic carbocycles. The van der Waals surface area contributed by atoms with Crippen molar-refractivity contribution in [2.45, 2.75) is 13.0 Å². The van der Waals surface area contributed by atoms with Gasteiger partial charge in [-0.05, 0) is 56.4 Å².